The van der Waals surface area contributed by atoms with Gasteiger partial charge in [0, 0.05) is 18.0 Å². The van der Waals surface area contributed by atoms with Crippen LogP contribution in [0, 0.1) is 0 Å². The number of anilines is 1. The number of hydrogen-bond acceptors (Lipinski definition) is 7. The van der Waals surface area contributed by atoms with Crippen LogP contribution in [-0.2, 0) is 13.0 Å². The van der Waals surface area contributed by atoms with Crippen LogP contribution in [0.15, 0.2) is 60.7 Å². The summed E-state index contributed by atoms with van der Waals surface area (Å²) in [6.07, 6.45) is 0.460. The highest BCUT2D eigenvalue weighted by Crippen LogP contribution is 2.41. The van der Waals surface area contributed by atoms with Crippen molar-refractivity contribution in [3.8, 4) is 11.5 Å². The van der Waals surface area contributed by atoms with E-state index in [4.69, 9.17) is 9.47 Å². The number of nitrogens with zero attached hydrogens (tertiary/aromatic N) is 1. The highest BCUT2D eigenvalue weighted by atomic mass is 32.1. The summed E-state index contributed by atoms with van der Waals surface area (Å²) in [6, 6.07) is 18.6. The topological polar surface area (TPSA) is 79.9 Å². The molecule has 0 radical (unpaired) electrons. The Morgan fingerprint density at radius 3 is 2.75 bits per heavy atom. The van der Waals surface area contributed by atoms with E-state index in [0.29, 0.717) is 17.1 Å². The monoisotopic (exact) mass is 499 g/mol. The lowest BCUT2D eigenvalue weighted by Gasteiger charge is -2.27. The second-order valence-corrected chi connectivity index (χ2v) is 10.2. The molecular formula is C28H25N3O4S. The average Bonchev–Trinajstić information content (AvgIpc) is 3.26. The van der Waals surface area contributed by atoms with Crippen LogP contribution in [0.5, 0.6) is 11.5 Å². The summed E-state index contributed by atoms with van der Waals surface area (Å²) in [4.78, 5) is 29.6. The van der Waals surface area contributed by atoms with E-state index in [2.05, 4.69) is 22.6 Å². The zero-order valence-corrected chi connectivity index (χ0v) is 20.8. The molecule has 0 unspecified atom stereocenters. The molecule has 7 nitrogen and oxygen atoms in total. The number of hydrogen-bond donors (Lipinski definition) is 2. The van der Waals surface area contributed by atoms with Gasteiger partial charge < -0.3 is 25.0 Å². The summed E-state index contributed by atoms with van der Waals surface area (Å²) in [5, 5.41) is 9.25. The van der Waals surface area contributed by atoms with Crippen molar-refractivity contribution in [2.45, 2.75) is 19.1 Å². The molecule has 0 bridgehead atoms. The van der Waals surface area contributed by atoms with Gasteiger partial charge in [-0.05, 0) is 53.6 Å². The van der Waals surface area contributed by atoms with Gasteiger partial charge in [-0.1, -0.05) is 42.5 Å². The third-order valence-corrected chi connectivity index (χ3v) is 7.91. The van der Waals surface area contributed by atoms with Crippen LogP contribution >= 0.6 is 11.3 Å². The van der Waals surface area contributed by atoms with Crippen LogP contribution in [0.2, 0.25) is 0 Å². The van der Waals surface area contributed by atoms with Crippen molar-refractivity contribution >= 4 is 39.0 Å². The number of carbonyl (C=O) groups excluding carboxylic acids is 2. The summed E-state index contributed by atoms with van der Waals surface area (Å²) < 4.78 is 11.3. The molecule has 4 aromatic rings. The molecule has 0 fully saturated rings. The zero-order valence-electron chi connectivity index (χ0n) is 20.0. The highest BCUT2D eigenvalue weighted by Gasteiger charge is 2.33. The van der Waals surface area contributed by atoms with Gasteiger partial charge in [0.2, 0.25) is 0 Å². The second-order valence-electron chi connectivity index (χ2n) is 9.07. The standard InChI is InChI=1S/C28H25N3O4S/c1-31-13-12-20-23(15-31)36-27-24(20)26(32)29-25(30-27)17-10-11-21(22(14-17)34-2)35-28(33)19-9-5-7-16-6-3-4-8-18(16)19/h3-11,14,25,30H,12-13,15H2,1-2H3,(H,29,32)/t25-/m1/s1. The summed E-state index contributed by atoms with van der Waals surface area (Å²) in [5.41, 5.74) is 3.22. The Bertz CT molecular complexity index is 1510. The SMILES string of the molecule is COc1cc([C@@H]2NC(=O)c3c(sc4c3CCN(C)C4)N2)ccc1OC(=O)c1cccc2ccccc12. The maximum absolute atomic E-state index is 13.1. The predicted octanol–water partition coefficient (Wildman–Crippen LogP) is 4.97. The van der Waals surface area contributed by atoms with Gasteiger partial charge in [-0.2, -0.15) is 0 Å². The Hall–Kier alpha value is -3.88. The first-order valence-electron chi connectivity index (χ1n) is 11.8. The highest BCUT2D eigenvalue weighted by molar-refractivity contribution is 7.16. The molecule has 0 aliphatic carbocycles. The summed E-state index contributed by atoms with van der Waals surface area (Å²) in [5.74, 6) is 0.202. The number of benzene rings is 3. The molecule has 1 amide bonds. The minimum absolute atomic E-state index is 0.0683. The molecule has 0 saturated carbocycles. The predicted molar refractivity (Wildman–Crippen MR) is 140 cm³/mol. The lowest BCUT2D eigenvalue weighted by Crippen LogP contribution is -2.38. The van der Waals surface area contributed by atoms with E-state index < -0.39 is 12.1 Å². The average molecular weight is 500 g/mol. The van der Waals surface area contributed by atoms with Crippen molar-refractivity contribution < 1.29 is 19.1 Å². The molecule has 36 heavy (non-hydrogen) atoms. The van der Waals surface area contributed by atoms with Gasteiger partial charge in [-0.3, -0.25) is 4.79 Å². The number of fused-ring (bicyclic) bond motifs is 4. The van der Waals surface area contributed by atoms with Crippen LogP contribution in [0.4, 0.5) is 5.00 Å². The Kier molecular flexibility index (Phi) is 5.62. The number of nitrogens with one attached hydrogen (secondary N) is 2. The molecule has 182 valence electrons. The van der Waals surface area contributed by atoms with Crippen molar-refractivity contribution in [1.82, 2.24) is 10.2 Å². The van der Waals surface area contributed by atoms with E-state index in [9.17, 15) is 9.59 Å². The molecule has 0 saturated heterocycles. The zero-order chi connectivity index (χ0) is 24.8. The van der Waals surface area contributed by atoms with E-state index >= 15 is 0 Å². The summed E-state index contributed by atoms with van der Waals surface area (Å²) in [7, 11) is 3.63. The normalized spacial score (nSPS) is 17.1. The number of ether oxygens (including phenoxy) is 2. The van der Waals surface area contributed by atoms with E-state index in [0.717, 1.165) is 52.0 Å². The second kappa shape index (κ2) is 8.96. The fraction of sp³-hybridized carbons (Fsp3) is 0.214. The van der Waals surface area contributed by atoms with E-state index in [1.807, 2.05) is 42.5 Å². The summed E-state index contributed by atoms with van der Waals surface area (Å²) >= 11 is 1.65. The Labute approximate surface area is 212 Å². The smallest absolute Gasteiger partial charge is 0.344 e. The van der Waals surface area contributed by atoms with E-state index in [1.54, 1.807) is 29.5 Å². The number of rotatable bonds is 4. The van der Waals surface area contributed by atoms with Crippen molar-refractivity contribution in [3.63, 3.8) is 0 Å². The Morgan fingerprint density at radius 1 is 1.06 bits per heavy atom. The molecule has 1 aromatic heterocycles. The minimum Gasteiger partial charge on any atom is -0.493 e. The van der Waals surface area contributed by atoms with Crippen molar-refractivity contribution in [1.29, 1.82) is 0 Å². The minimum atomic E-state index is -0.458. The lowest BCUT2D eigenvalue weighted by molar-refractivity contribution is 0.0731. The van der Waals surface area contributed by atoms with Crippen LogP contribution in [-0.4, -0.2) is 37.5 Å². The quantitative estimate of drug-likeness (QED) is 0.305. The lowest BCUT2D eigenvalue weighted by atomic mass is 10.0. The van der Waals surface area contributed by atoms with Gasteiger partial charge in [0.05, 0.1) is 18.2 Å². The molecule has 6 rings (SSSR count). The van der Waals surface area contributed by atoms with Crippen LogP contribution in [0.3, 0.4) is 0 Å². The molecule has 0 spiro atoms. The molecule has 3 heterocycles. The largest absolute Gasteiger partial charge is 0.493 e. The molecule has 3 aromatic carbocycles. The van der Waals surface area contributed by atoms with Gasteiger partial charge >= 0.3 is 5.97 Å². The van der Waals surface area contributed by atoms with Gasteiger partial charge in [0.15, 0.2) is 11.5 Å². The molecule has 2 aliphatic heterocycles. The van der Waals surface area contributed by atoms with Gasteiger partial charge in [-0.25, -0.2) is 4.79 Å². The number of amides is 1. The number of likely N-dealkylation sites (N-methyl/N-ethyl adjacent to an activating group) is 1. The third kappa shape index (κ3) is 3.88. The maximum Gasteiger partial charge on any atom is 0.344 e. The molecule has 2 N–H and O–H groups in total. The first kappa shape index (κ1) is 22.6. The van der Waals surface area contributed by atoms with Gasteiger partial charge in [0.1, 0.15) is 11.2 Å². The van der Waals surface area contributed by atoms with Crippen molar-refractivity contribution in [2.24, 2.45) is 0 Å². The Balaban J connectivity index is 1.26. The maximum atomic E-state index is 13.1. The first-order chi connectivity index (χ1) is 17.5. The van der Waals surface area contributed by atoms with Crippen molar-refractivity contribution in [2.75, 3.05) is 26.0 Å². The number of esters is 1. The molecule has 1 atom stereocenters. The Morgan fingerprint density at radius 2 is 1.89 bits per heavy atom. The molecular weight excluding hydrogens is 474 g/mol. The van der Waals surface area contributed by atoms with Crippen LogP contribution in [0.1, 0.15) is 42.9 Å². The number of methoxy groups -OCH3 is 1. The third-order valence-electron chi connectivity index (χ3n) is 6.76. The molecule has 8 heteroatoms. The van der Waals surface area contributed by atoms with Crippen molar-refractivity contribution in [3.05, 3.63) is 87.8 Å². The van der Waals surface area contributed by atoms with Crippen LogP contribution in [0.25, 0.3) is 10.8 Å². The fourth-order valence-corrected chi connectivity index (χ4v) is 6.27. The van der Waals surface area contributed by atoms with E-state index in [1.165, 1.54) is 12.0 Å². The van der Waals surface area contributed by atoms with Crippen LogP contribution < -0.4 is 20.1 Å². The fourth-order valence-electron chi connectivity index (χ4n) is 4.92. The molecule has 2 aliphatic rings. The number of thiophene rings is 1. The number of carbonyl (C=O) groups is 2. The van der Waals surface area contributed by atoms with Gasteiger partial charge in [0.25, 0.3) is 5.91 Å². The first-order valence-corrected chi connectivity index (χ1v) is 12.6. The van der Waals surface area contributed by atoms with Gasteiger partial charge in [-0.15, -0.1) is 11.3 Å². The van der Waals surface area contributed by atoms with E-state index in [-0.39, 0.29) is 5.91 Å². The summed E-state index contributed by atoms with van der Waals surface area (Å²) in [6.45, 7) is 1.81.